The van der Waals surface area contributed by atoms with Gasteiger partial charge in [-0.3, -0.25) is 15.0 Å². The van der Waals surface area contributed by atoms with Crippen LogP contribution in [0.5, 0.6) is 0 Å². The molecule has 7 nitrogen and oxygen atoms in total. The fraction of sp³-hybridized carbons (Fsp3) is 0.333. The number of aliphatic hydroxyl groups is 3. The van der Waals surface area contributed by atoms with Crippen LogP contribution in [-0.2, 0) is 4.79 Å². The third-order valence-electron chi connectivity index (χ3n) is 2.27. The normalized spacial score (nSPS) is 11.7. The molecule has 1 rings (SSSR count). The van der Waals surface area contributed by atoms with Crippen molar-refractivity contribution in [1.82, 2.24) is 10.4 Å². The summed E-state index contributed by atoms with van der Waals surface area (Å²) >= 11 is 0. The van der Waals surface area contributed by atoms with E-state index in [1.165, 1.54) is 0 Å². The molecule has 104 valence electrons. The Morgan fingerprint density at radius 1 is 1.21 bits per heavy atom. The minimum atomic E-state index is -1.19. The maximum Gasteiger partial charge on any atom is 0.272 e. The van der Waals surface area contributed by atoms with Gasteiger partial charge in [0.15, 0.2) is 0 Å². The molecule has 2 amide bonds. The summed E-state index contributed by atoms with van der Waals surface area (Å²) in [6.07, 6.45) is -1.19. The molecular formula is C12H16N2O5. The molecule has 4 N–H and O–H groups in total. The first-order valence-corrected chi connectivity index (χ1v) is 5.64. The van der Waals surface area contributed by atoms with E-state index in [1.807, 2.05) is 0 Å². The second-order valence-electron chi connectivity index (χ2n) is 3.81. The van der Waals surface area contributed by atoms with E-state index in [9.17, 15) is 14.7 Å². The Balaban J connectivity index is 2.83. The average Bonchev–Trinajstić information content (AvgIpc) is 2.46. The summed E-state index contributed by atoms with van der Waals surface area (Å²) in [5.41, 5.74) is 2.46. The Morgan fingerprint density at radius 2 is 1.84 bits per heavy atom. The van der Waals surface area contributed by atoms with Crippen molar-refractivity contribution in [2.75, 3.05) is 19.8 Å². The number of nitrogens with zero attached hydrogens (tertiary/aromatic N) is 1. The van der Waals surface area contributed by atoms with Gasteiger partial charge in [0.2, 0.25) is 0 Å². The number of hydrazine groups is 1. The van der Waals surface area contributed by atoms with Gasteiger partial charge < -0.3 is 15.3 Å². The molecule has 0 aliphatic carbocycles. The first-order valence-electron chi connectivity index (χ1n) is 5.64. The number of amides is 2. The number of hydrogen-bond acceptors (Lipinski definition) is 5. The van der Waals surface area contributed by atoms with Crippen LogP contribution in [0.4, 0.5) is 0 Å². The fourth-order valence-electron chi connectivity index (χ4n) is 1.37. The first kappa shape index (κ1) is 15.1. The maximum absolute atomic E-state index is 12.1. The highest BCUT2D eigenvalue weighted by molar-refractivity contribution is 5.95. The van der Waals surface area contributed by atoms with Crippen LogP contribution in [0, 0.1) is 0 Å². The van der Waals surface area contributed by atoms with Crippen molar-refractivity contribution in [3.63, 3.8) is 0 Å². The van der Waals surface area contributed by atoms with Gasteiger partial charge in [-0.2, -0.15) is 0 Å². The summed E-state index contributed by atoms with van der Waals surface area (Å²) < 4.78 is 0. The zero-order valence-electron chi connectivity index (χ0n) is 10.2. The Morgan fingerprint density at radius 3 is 2.37 bits per heavy atom. The van der Waals surface area contributed by atoms with E-state index in [2.05, 4.69) is 5.43 Å². The van der Waals surface area contributed by atoms with Gasteiger partial charge in [0.25, 0.3) is 11.8 Å². The molecule has 7 heteroatoms. The summed E-state index contributed by atoms with van der Waals surface area (Å²) in [5, 5.41) is 27.7. The topological polar surface area (TPSA) is 110 Å². The Bertz CT molecular complexity index is 423. The van der Waals surface area contributed by atoms with Crippen molar-refractivity contribution in [1.29, 1.82) is 0 Å². The molecule has 0 radical (unpaired) electrons. The van der Waals surface area contributed by atoms with E-state index in [0.29, 0.717) is 5.56 Å². The van der Waals surface area contributed by atoms with Crippen molar-refractivity contribution in [3.8, 4) is 0 Å². The third-order valence-corrected chi connectivity index (χ3v) is 2.27. The molecule has 0 saturated carbocycles. The number of benzene rings is 1. The highest BCUT2D eigenvalue weighted by Crippen LogP contribution is 2.03. The van der Waals surface area contributed by atoms with E-state index in [1.54, 1.807) is 30.3 Å². The lowest BCUT2D eigenvalue weighted by Crippen LogP contribution is -2.50. The van der Waals surface area contributed by atoms with Gasteiger partial charge in [-0.25, -0.2) is 5.01 Å². The highest BCUT2D eigenvalue weighted by atomic mass is 16.3. The molecule has 0 aliphatic rings. The van der Waals surface area contributed by atoms with Crippen LogP contribution in [0.1, 0.15) is 10.4 Å². The van der Waals surface area contributed by atoms with E-state index < -0.39 is 31.1 Å². The first-order chi connectivity index (χ1) is 9.08. The number of carbonyl (C=O) groups is 2. The van der Waals surface area contributed by atoms with Crippen LogP contribution in [0.3, 0.4) is 0 Å². The summed E-state index contributed by atoms with van der Waals surface area (Å²) in [7, 11) is 0. The molecular weight excluding hydrogens is 252 g/mol. The summed E-state index contributed by atoms with van der Waals surface area (Å²) in [4.78, 5) is 23.2. The second-order valence-corrected chi connectivity index (χ2v) is 3.81. The summed E-state index contributed by atoms with van der Waals surface area (Å²) in [5.74, 6) is -1.33. The molecule has 1 atom stereocenters. The van der Waals surface area contributed by atoms with Gasteiger partial charge >= 0.3 is 0 Å². The molecule has 1 unspecified atom stereocenters. The molecule has 0 aliphatic heterocycles. The number of carbonyl (C=O) groups excluding carboxylic acids is 2. The van der Waals surface area contributed by atoms with E-state index in [-0.39, 0.29) is 6.54 Å². The third kappa shape index (κ3) is 4.66. The molecule has 0 spiro atoms. The van der Waals surface area contributed by atoms with Crippen molar-refractivity contribution in [2.45, 2.75) is 6.10 Å². The zero-order chi connectivity index (χ0) is 14.3. The van der Waals surface area contributed by atoms with Crippen molar-refractivity contribution < 1.29 is 24.9 Å². The van der Waals surface area contributed by atoms with E-state index in [4.69, 9.17) is 10.2 Å². The van der Waals surface area contributed by atoms with Crippen LogP contribution in [0.25, 0.3) is 0 Å². The number of hydrogen-bond donors (Lipinski definition) is 4. The molecule has 1 aromatic carbocycles. The standard InChI is InChI=1S/C12H16N2O5/c15-7-10(17)6-14(13-11(18)8-16)12(19)9-4-2-1-3-5-9/h1-5,10,15-17H,6-8H2,(H,13,18). The van der Waals surface area contributed by atoms with Crippen molar-refractivity contribution >= 4 is 11.8 Å². The Hall–Kier alpha value is -1.96. The number of aliphatic hydroxyl groups excluding tert-OH is 3. The van der Waals surface area contributed by atoms with Gasteiger partial charge in [0.05, 0.1) is 19.3 Å². The van der Waals surface area contributed by atoms with Gasteiger partial charge in [0.1, 0.15) is 6.61 Å². The molecule has 0 fully saturated rings. The van der Waals surface area contributed by atoms with Gasteiger partial charge in [-0.15, -0.1) is 0 Å². The highest BCUT2D eigenvalue weighted by Gasteiger charge is 2.20. The minimum Gasteiger partial charge on any atom is -0.394 e. The molecule has 1 aromatic rings. The predicted octanol–water partition coefficient (Wildman–Crippen LogP) is -1.49. The van der Waals surface area contributed by atoms with Gasteiger partial charge in [-0.05, 0) is 12.1 Å². The van der Waals surface area contributed by atoms with E-state index in [0.717, 1.165) is 5.01 Å². The summed E-state index contributed by atoms with van der Waals surface area (Å²) in [6.45, 7) is -1.61. The number of rotatable bonds is 5. The zero-order valence-corrected chi connectivity index (χ0v) is 10.2. The summed E-state index contributed by atoms with van der Waals surface area (Å²) in [6, 6.07) is 8.14. The van der Waals surface area contributed by atoms with Crippen LogP contribution in [0.15, 0.2) is 30.3 Å². The molecule has 0 bridgehead atoms. The monoisotopic (exact) mass is 268 g/mol. The van der Waals surface area contributed by atoms with Crippen molar-refractivity contribution in [3.05, 3.63) is 35.9 Å². The van der Waals surface area contributed by atoms with Crippen LogP contribution >= 0.6 is 0 Å². The van der Waals surface area contributed by atoms with Gasteiger partial charge in [-0.1, -0.05) is 18.2 Å². The van der Waals surface area contributed by atoms with Crippen LogP contribution < -0.4 is 5.43 Å². The lowest BCUT2D eigenvalue weighted by Gasteiger charge is -2.24. The van der Waals surface area contributed by atoms with Crippen LogP contribution in [-0.4, -0.2) is 58.0 Å². The lowest BCUT2D eigenvalue weighted by atomic mass is 10.2. The molecule has 19 heavy (non-hydrogen) atoms. The fourth-order valence-corrected chi connectivity index (χ4v) is 1.37. The minimum absolute atomic E-state index is 0.282. The Labute approximate surface area is 110 Å². The Kier molecular flexibility index (Phi) is 5.94. The molecule has 0 saturated heterocycles. The maximum atomic E-state index is 12.1. The predicted molar refractivity (Wildman–Crippen MR) is 65.8 cm³/mol. The molecule has 0 heterocycles. The van der Waals surface area contributed by atoms with Crippen LogP contribution in [0.2, 0.25) is 0 Å². The van der Waals surface area contributed by atoms with E-state index >= 15 is 0 Å². The van der Waals surface area contributed by atoms with Crippen molar-refractivity contribution in [2.24, 2.45) is 0 Å². The smallest absolute Gasteiger partial charge is 0.272 e. The second kappa shape index (κ2) is 7.47. The largest absolute Gasteiger partial charge is 0.394 e. The average molecular weight is 268 g/mol. The number of nitrogens with one attached hydrogen (secondary N) is 1. The SMILES string of the molecule is O=C(CO)NN(CC(O)CO)C(=O)c1ccccc1. The lowest BCUT2D eigenvalue weighted by molar-refractivity contribution is -0.128. The quantitative estimate of drug-likeness (QED) is 0.486. The molecule has 0 aromatic heterocycles. The van der Waals surface area contributed by atoms with Gasteiger partial charge in [0, 0.05) is 5.56 Å².